The third kappa shape index (κ3) is 5.10. The zero-order valence-electron chi connectivity index (χ0n) is 20.4. The molecule has 0 aromatic carbocycles. The average molecular weight is 421 g/mol. The van der Waals surface area contributed by atoms with Gasteiger partial charge in [0.1, 0.15) is 0 Å². The molecule has 2 nitrogen and oxygen atoms in total. The van der Waals surface area contributed by atoms with Gasteiger partial charge in [-0.25, -0.2) is 0 Å². The lowest BCUT2D eigenvalue weighted by Crippen LogP contribution is -2.46. The Bertz CT molecular complexity index is 565. The molecule has 2 aliphatic carbocycles. The number of fused-ring (bicyclic) bond motifs is 1. The van der Waals surface area contributed by atoms with Crippen LogP contribution >= 0.6 is 0 Å². The predicted molar refractivity (Wildman–Crippen MR) is 129 cm³/mol. The van der Waals surface area contributed by atoms with Crippen LogP contribution in [-0.4, -0.2) is 25.1 Å². The Balaban J connectivity index is 2.09. The largest absolute Gasteiger partial charge is 0.408 e. The summed E-state index contributed by atoms with van der Waals surface area (Å²) in [5, 5.41) is 10.5. The lowest BCUT2D eigenvalue weighted by atomic mass is 9.63. The molecule has 2 rings (SSSR count). The first-order valence-corrected chi connectivity index (χ1v) is 15.0. The van der Waals surface area contributed by atoms with Crippen molar-refractivity contribution >= 4 is 8.32 Å². The molecular formula is C26H48O2Si. The van der Waals surface area contributed by atoms with Gasteiger partial charge in [-0.1, -0.05) is 72.3 Å². The highest BCUT2D eigenvalue weighted by molar-refractivity contribution is 6.73. The fourth-order valence-electron chi connectivity index (χ4n) is 6.19. The summed E-state index contributed by atoms with van der Waals surface area (Å²) in [6.07, 6.45) is 14.8. The van der Waals surface area contributed by atoms with Crippen LogP contribution in [0.1, 0.15) is 93.4 Å². The van der Waals surface area contributed by atoms with Crippen LogP contribution in [0.5, 0.6) is 0 Å². The molecule has 0 spiro atoms. The minimum atomic E-state index is -1.63. The van der Waals surface area contributed by atoms with Gasteiger partial charge in [0.25, 0.3) is 0 Å². The van der Waals surface area contributed by atoms with Gasteiger partial charge in [-0.05, 0) is 80.3 Å². The summed E-state index contributed by atoms with van der Waals surface area (Å²) in [7, 11) is -1.63. The Labute approximate surface area is 182 Å². The molecule has 1 saturated carbocycles. The molecule has 0 bridgehead atoms. The smallest absolute Gasteiger partial charge is 0.193 e. The highest BCUT2D eigenvalue weighted by Crippen LogP contribution is 2.55. The normalized spacial score (nSPS) is 29.2. The second-order valence-corrected chi connectivity index (χ2v) is 14.7. The molecule has 0 aliphatic heterocycles. The van der Waals surface area contributed by atoms with Gasteiger partial charge in [0.05, 0.1) is 11.7 Å². The highest BCUT2D eigenvalue weighted by atomic mass is 28.4. The third-order valence-corrected chi connectivity index (χ3v) is 13.4. The van der Waals surface area contributed by atoms with E-state index in [1.165, 1.54) is 24.6 Å². The molecule has 4 atom stereocenters. The van der Waals surface area contributed by atoms with Gasteiger partial charge in [0, 0.05) is 0 Å². The fraction of sp³-hybridized carbons (Fsp3) is 0.846. The third-order valence-electron chi connectivity index (χ3n) is 8.72. The zero-order chi connectivity index (χ0) is 21.7. The van der Waals surface area contributed by atoms with Crippen molar-refractivity contribution in [2.75, 3.05) is 0 Å². The molecule has 0 heterocycles. The van der Waals surface area contributed by atoms with E-state index in [4.69, 9.17) is 4.43 Å². The summed E-state index contributed by atoms with van der Waals surface area (Å²) in [5.41, 5.74) is 1.72. The monoisotopic (exact) mass is 420 g/mol. The Morgan fingerprint density at radius 1 is 1.21 bits per heavy atom. The fourth-order valence-corrected chi connectivity index (χ4v) is 9.34. The van der Waals surface area contributed by atoms with Gasteiger partial charge in [-0.3, -0.25) is 0 Å². The van der Waals surface area contributed by atoms with E-state index in [0.717, 1.165) is 38.5 Å². The molecule has 1 fully saturated rings. The van der Waals surface area contributed by atoms with Crippen molar-refractivity contribution in [2.45, 2.75) is 123 Å². The van der Waals surface area contributed by atoms with Gasteiger partial charge in [-0.2, -0.15) is 0 Å². The van der Waals surface area contributed by atoms with Gasteiger partial charge in [-0.15, -0.1) is 0 Å². The van der Waals surface area contributed by atoms with Crippen LogP contribution in [0.15, 0.2) is 23.8 Å². The standard InChI is InChI=1S/C26H48O2Si/c1-8-26(9-2,28-29(10-3,11-4)12-5)20-13-15-21(6)22-17-18-23-24(27)16-14-19-25(22,23)7/h13,17,20-21,23-24,27H,8-12,14-16,18-19H2,1-7H3. The molecule has 0 aromatic heterocycles. The summed E-state index contributed by atoms with van der Waals surface area (Å²) in [6.45, 7) is 16.3. The van der Waals surface area contributed by atoms with Crippen molar-refractivity contribution in [1.82, 2.24) is 0 Å². The van der Waals surface area contributed by atoms with Crippen molar-refractivity contribution in [1.29, 1.82) is 0 Å². The molecule has 29 heavy (non-hydrogen) atoms. The second kappa shape index (κ2) is 10.3. The molecule has 4 unspecified atom stereocenters. The number of aliphatic hydroxyl groups is 1. The average Bonchev–Trinajstić information content (AvgIpc) is 3.09. The first-order valence-electron chi connectivity index (χ1n) is 12.5. The second-order valence-electron chi connectivity index (χ2n) is 10.0. The van der Waals surface area contributed by atoms with Crippen molar-refractivity contribution in [3.05, 3.63) is 23.8 Å². The first kappa shape index (κ1) is 24.9. The van der Waals surface area contributed by atoms with E-state index in [-0.39, 0.29) is 17.1 Å². The maximum Gasteiger partial charge on any atom is 0.193 e. The van der Waals surface area contributed by atoms with Crippen LogP contribution in [0.4, 0.5) is 0 Å². The van der Waals surface area contributed by atoms with Gasteiger partial charge in [0.15, 0.2) is 8.32 Å². The van der Waals surface area contributed by atoms with Crippen LogP contribution in [0, 0.1) is 17.3 Å². The van der Waals surface area contributed by atoms with Crippen molar-refractivity contribution < 1.29 is 9.53 Å². The highest BCUT2D eigenvalue weighted by Gasteiger charge is 2.47. The molecule has 0 aromatic rings. The molecule has 0 amide bonds. The van der Waals surface area contributed by atoms with E-state index in [1.54, 1.807) is 5.57 Å². The van der Waals surface area contributed by atoms with Gasteiger partial charge >= 0.3 is 0 Å². The lowest BCUT2D eigenvalue weighted by Gasteiger charge is -2.43. The molecular weight excluding hydrogens is 372 g/mol. The maximum atomic E-state index is 10.5. The number of hydrogen-bond acceptors (Lipinski definition) is 2. The summed E-state index contributed by atoms with van der Waals surface area (Å²) >= 11 is 0. The van der Waals surface area contributed by atoms with Crippen LogP contribution in [-0.2, 0) is 4.43 Å². The molecule has 3 heteroatoms. The van der Waals surface area contributed by atoms with Crippen LogP contribution in [0.2, 0.25) is 18.1 Å². The van der Waals surface area contributed by atoms with E-state index in [2.05, 4.69) is 66.7 Å². The summed E-state index contributed by atoms with van der Waals surface area (Å²) < 4.78 is 7.00. The minimum Gasteiger partial charge on any atom is -0.408 e. The van der Waals surface area contributed by atoms with Crippen LogP contribution < -0.4 is 0 Å². The van der Waals surface area contributed by atoms with Crippen LogP contribution in [0.3, 0.4) is 0 Å². The summed E-state index contributed by atoms with van der Waals surface area (Å²) in [5.74, 6) is 0.986. The van der Waals surface area contributed by atoms with E-state index in [1.807, 2.05) is 0 Å². The Morgan fingerprint density at radius 2 is 1.83 bits per heavy atom. The van der Waals surface area contributed by atoms with E-state index >= 15 is 0 Å². The quantitative estimate of drug-likeness (QED) is 0.275. The Hall–Kier alpha value is -0.383. The first-order chi connectivity index (χ1) is 13.7. The molecule has 1 N–H and O–H groups in total. The van der Waals surface area contributed by atoms with E-state index in [0.29, 0.717) is 11.8 Å². The van der Waals surface area contributed by atoms with Gasteiger partial charge in [0.2, 0.25) is 0 Å². The molecule has 0 saturated heterocycles. The Morgan fingerprint density at radius 3 is 2.38 bits per heavy atom. The predicted octanol–water partition coefficient (Wildman–Crippen LogP) is 7.65. The van der Waals surface area contributed by atoms with Crippen molar-refractivity contribution in [3.63, 3.8) is 0 Å². The lowest BCUT2D eigenvalue weighted by molar-refractivity contribution is 0.00804. The van der Waals surface area contributed by atoms with Crippen molar-refractivity contribution in [2.24, 2.45) is 17.3 Å². The Kier molecular flexibility index (Phi) is 8.82. The number of hydrogen-bond donors (Lipinski definition) is 1. The number of allylic oxidation sites excluding steroid dienone is 3. The zero-order valence-corrected chi connectivity index (χ0v) is 21.4. The number of aliphatic hydroxyl groups excluding tert-OH is 1. The molecule has 0 radical (unpaired) electrons. The number of rotatable bonds is 11. The summed E-state index contributed by atoms with van der Waals surface area (Å²) in [4.78, 5) is 0. The SMILES string of the molecule is CCC(C=CCC(C)C1=CCC2C(O)CCCC12C)(CC)O[Si](CC)(CC)CC. The van der Waals surface area contributed by atoms with E-state index < -0.39 is 8.32 Å². The topological polar surface area (TPSA) is 29.5 Å². The minimum absolute atomic E-state index is 0.0918. The van der Waals surface area contributed by atoms with Crippen LogP contribution in [0.25, 0.3) is 0 Å². The maximum absolute atomic E-state index is 10.5. The summed E-state index contributed by atoms with van der Waals surface area (Å²) in [6, 6.07) is 3.63. The van der Waals surface area contributed by atoms with Gasteiger partial charge < -0.3 is 9.53 Å². The molecule has 2 aliphatic rings. The van der Waals surface area contributed by atoms with E-state index in [9.17, 15) is 5.11 Å². The molecule has 168 valence electrons. The van der Waals surface area contributed by atoms with Crippen molar-refractivity contribution in [3.8, 4) is 0 Å².